The summed E-state index contributed by atoms with van der Waals surface area (Å²) in [5.41, 5.74) is 2.42. The van der Waals surface area contributed by atoms with E-state index in [1.54, 1.807) is 23.1 Å². The summed E-state index contributed by atoms with van der Waals surface area (Å²) in [5, 5.41) is 0. The van der Waals surface area contributed by atoms with E-state index < -0.39 is 10.0 Å². The summed E-state index contributed by atoms with van der Waals surface area (Å²) >= 11 is 0. The van der Waals surface area contributed by atoms with Crippen molar-refractivity contribution in [3.05, 3.63) is 59.7 Å². The third-order valence-electron chi connectivity index (χ3n) is 5.11. The number of nitrogens with zero attached hydrogens (tertiary/aromatic N) is 2. The molecule has 2 aromatic carbocycles. The summed E-state index contributed by atoms with van der Waals surface area (Å²) < 4.78 is 32.4. The molecular weight excluding hydrogens is 364 g/mol. The summed E-state index contributed by atoms with van der Waals surface area (Å²) in [6.45, 7) is 3.44. The Bertz CT molecular complexity index is 967. The predicted molar refractivity (Wildman–Crippen MR) is 102 cm³/mol. The molecule has 1 atom stereocenters. The largest absolute Gasteiger partial charge is 0.379 e. The number of para-hydroxylation sites is 1. The number of amides is 1. The van der Waals surface area contributed by atoms with E-state index in [1.807, 2.05) is 31.2 Å². The number of morpholine rings is 1. The Morgan fingerprint density at radius 1 is 1.07 bits per heavy atom. The van der Waals surface area contributed by atoms with Crippen LogP contribution < -0.4 is 4.90 Å². The second-order valence-electron chi connectivity index (χ2n) is 6.90. The molecule has 0 N–H and O–H groups in total. The van der Waals surface area contributed by atoms with Gasteiger partial charge in [0.15, 0.2) is 0 Å². The first-order valence-electron chi connectivity index (χ1n) is 9.08. The molecule has 7 heteroatoms. The maximum absolute atomic E-state index is 13.2. The van der Waals surface area contributed by atoms with E-state index >= 15 is 0 Å². The van der Waals surface area contributed by atoms with Crippen molar-refractivity contribution in [2.45, 2.75) is 24.3 Å². The van der Waals surface area contributed by atoms with Gasteiger partial charge in [0.2, 0.25) is 10.0 Å². The molecule has 1 amide bonds. The molecule has 0 aliphatic carbocycles. The van der Waals surface area contributed by atoms with Crippen molar-refractivity contribution in [2.75, 3.05) is 31.2 Å². The fraction of sp³-hybridized carbons (Fsp3) is 0.350. The van der Waals surface area contributed by atoms with Gasteiger partial charge < -0.3 is 9.64 Å². The molecule has 2 heterocycles. The van der Waals surface area contributed by atoms with Gasteiger partial charge in [0, 0.05) is 30.4 Å². The molecule has 2 aromatic rings. The molecule has 0 unspecified atom stereocenters. The SMILES string of the molecule is C[C@H]1Cc2ccccc2N1C(=O)c1cccc(S(=O)(=O)N2CCOCC2)c1. The van der Waals surface area contributed by atoms with Gasteiger partial charge in [-0.15, -0.1) is 0 Å². The normalized spacial score (nSPS) is 20.5. The van der Waals surface area contributed by atoms with Gasteiger partial charge >= 0.3 is 0 Å². The molecule has 0 saturated carbocycles. The van der Waals surface area contributed by atoms with Crippen LogP contribution in [-0.4, -0.2) is 51.0 Å². The highest BCUT2D eigenvalue weighted by Crippen LogP contribution is 2.33. The Morgan fingerprint density at radius 3 is 2.59 bits per heavy atom. The Morgan fingerprint density at radius 2 is 1.81 bits per heavy atom. The monoisotopic (exact) mass is 386 g/mol. The van der Waals surface area contributed by atoms with Crippen LogP contribution in [0.5, 0.6) is 0 Å². The first-order valence-corrected chi connectivity index (χ1v) is 10.5. The van der Waals surface area contributed by atoms with Crippen molar-refractivity contribution in [2.24, 2.45) is 0 Å². The standard InChI is InChI=1S/C20H22N2O4S/c1-15-13-16-5-2-3-8-19(16)22(15)20(23)17-6-4-7-18(14-17)27(24,25)21-9-11-26-12-10-21/h2-8,14-15H,9-13H2,1H3/t15-/m0/s1. The highest BCUT2D eigenvalue weighted by Gasteiger charge is 2.32. The molecular formula is C20H22N2O4S. The van der Waals surface area contributed by atoms with Crippen molar-refractivity contribution in [1.29, 1.82) is 0 Å². The van der Waals surface area contributed by atoms with Gasteiger partial charge in [-0.25, -0.2) is 8.42 Å². The second kappa shape index (κ2) is 7.07. The van der Waals surface area contributed by atoms with Gasteiger partial charge in [0.25, 0.3) is 5.91 Å². The van der Waals surface area contributed by atoms with Crippen molar-refractivity contribution in [3.63, 3.8) is 0 Å². The molecule has 2 aliphatic rings. The van der Waals surface area contributed by atoms with Crippen LogP contribution in [0.3, 0.4) is 0 Å². The van der Waals surface area contributed by atoms with Crippen LogP contribution in [0.4, 0.5) is 5.69 Å². The highest BCUT2D eigenvalue weighted by atomic mass is 32.2. The van der Waals surface area contributed by atoms with Crippen molar-refractivity contribution in [3.8, 4) is 0 Å². The molecule has 0 bridgehead atoms. The zero-order valence-electron chi connectivity index (χ0n) is 15.2. The number of ether oxygens (including phenoxy) is 1. The molecule has 0 aromatic heterocycles. The second-order valence-corrected chi connectivity index (χ2v) is 8.84. The zero-order chi connectivity index (χ0) is 19.0. The molecule has 0 spiro atoms. The number of hydrogen-bond donors (Lipinski definition) is 0. The van der Waals surface area contributed by atoms with Gasteiger partial charge in [-0.05, 0) is 43.2 Å². The molecule has 6 nitrogen and oxygen atoms in total. The Hall–Kier alpha value is -2.22. The lowest BCUT2D eigenvalue weighted by Crippen LogP contribution is -2.40. The van der Waals surface area contributed by atoms with Gasteiger partial charge in [0.1, 0.15) is 0 Å². The number of hydrogen-bond acceptors (Lipinski definition) is 4. The van der Waals surface area contributed by atoms with E-state index in [2.05, 4.69) is 0 Å². The number of benzene rings is 2. The first-order chi connectivity index (χ1) is 13.0. The van der Waals surface area contributed by atoms with E-state index in [4.69, 9.17) is 4.74 Å². The fourth-order valence-corrected chi connectivity index (χ4v) is 5.19. The van der Waals surface area contributed by atoms with E-state index in [-0.39, 0.29) is 16.8 Å². The topological polar surface area (TPSA) is 66.9 Å². The maximum Gasteiger partial charge on any atom is 0.258 e. The van der Waals surface area contributed by atoms with E-state index in [0.717, 1.165) is 17.7 Å². The van der Waals surface area contributed by atoms with Gasteiger partial charge in [-0.3, -0.25) is 4.79 Å². The van der Waals surface area contributed by atoms with Crippen molar-refractivity contribution < 1.29 is 17.9 Å². The lowest BCUT2D eigenvalue weighted by atomic mass is 10.1. The number of carbonyl (C=O) groups excluding carboxylic acids is 1. The van der Waals surface area contributed by atoms with E-state index in [1.165, 1.54) is 10.4 Å². The summed E-state index contributed by atoms with van der Waals surface area (Å²) in [6.07, 6.45) is 0.799. The number of anilines is 1. The first kappa shape index (κ1) is 18.2. The summed E-state index contributed by atoms with van der Waals surface area (Å²) in [6, 6.07) is 14.2. The van der Waals surface area contributed by atoms with Gasteiger partial charge in [-0.2, -0.15) is 4.31 Å². The van der Waals surface area contributed by atoms with Gasteiger partial charge in [0.05, 0.1) is 18.1 Å². The fourth-order valence-electron chi connectivity index (χ4n) is 3.74. The van der Waals surface area contributed by atoms with E-state index in [0.29, 0.717) is 31.9 Å². The lowest BCUT2D eigenvalue weighted by Gasteiger charge is -2.26. The van der Waals surface area contributed by atoms with Crippen LogP contribution >= 0.6 is 0 Å². The summed E-state index contributed by atoms with van der Waals surface area (Å²) in [7, 11) is -3.63. The third kappa shape index (κ3) is 3.26. The molecule has 2 aliphatic heterocycles. The van der Waals surface area contributed by atoms with E-state index in [9.17, 15) is 13.2 Å². The minimum absolute atomic E-state index is 0.0365. The Labute approximate surface area is 159 Å². The number of sulfonamides is 1. The van der Waals surface area contributed by atoms with Crippen LogP contribution in [0, 0.1) is 0 Å². The quantitative estimate of drug-likeness (QED) is 0.812. The Balaban J connectivity index is 1.66. The minimum Gasteiger partial charge on any atom is -0.379 e. The minimum atomic E-state index is -3.63. The number of fused-ring (bicyclic) bond motifs is 1. The molecule has 4 rings (SSSR count). The number of rotatable bonds is 3. The lowest BCUT2D eigenvalue weighted by molar-refractivity contribution is 0.0730. The zero-order valence-corrected chi connectivity index (χ0v) is 16.0. The van der Waals surface area contributed by atoms with Crippen LogP contribution in [0.1, 0.15) is 22.8 Å². The third-order valence-corrected chi connectivity index (χ3v) is 7.01. The average molecular weight is 386 g/mol. The maximum atomic E-state index is 13.2. The molecule has 1 fully saturated rings. The predicted octanol–water partition coefficient (Wildman–Crippen LogP) is 2.30. The Kier molecular flexibility index (Phi) is 4.75. The molecule has 1 saturated heterocycles. The molecule has 27 heavy (non-hydrogen) atoms. The van der Waals surface area contributed by atoms with Crippen molar-refractivity contribution >= 4 is 21.6 Å². The number of carbonyl (C=O) groups is 1. The highest BCUT2D eigenvalue weighted by molar-refractivity contribution is 7.89. The van der Waals surface area contributed by atoms with Gasteiger partial charge in [-0.1, -0.05) is 24.3 Å². The smallest absolute Gasteiger partial charge is 0.258 e. The van der Waals surface area contributed by atoms with Crippen LogP contribution in [0.2, 0.25) is 0 Å². The van der Waals surface area contributed by atoms with Crippen LogP contribution in [0.25, 0.3) is 0 Å². The van der Waals surface area contributed by atoms with Crippen LogP contribution in [0.15, 0.2) is 53.4 Å². The summed E-state index contributed by atoms with van der Waals surface area (Å²) in [4.78, 5) is 15.1. The molecule has 142 valence electrons. The van der Waals surface area contributed by atoms with Crippen molar-refractivity contribution in [1.82, 2.24) is 4.31 Å². The average Bonchev–Trinajstić information content (AvgIpc) is 3.04. The summed E-state index contributed by atoms with van der Waals surface area (Å²) in [5.74, 6) is -0.175. The van der Waals surface area contributed by atoms with Crippen LogP contribution in [-0.2, 0) is 21.2 Å². The molecule has 0 radical (unpaired) electrons.